The van der Waals surface area contributed by atoms with Crippen LogP contribution in [0.25, 0.3) is 0 Å². The molecule has 1 fully saturated rings. The van der Waals surface area contributed by atoms with Crippen LogP contribution in [0.15, 0.2) is 60.8 Å². The number of pyridine rings is 1. The quantitative estimate of drug-likeness (QED) is 0.220. The van der Waals surface area contributed by atoms with Gasteiger partial charge in [-0.05, 0) is 48.4 Å². The van der Waals surface area contributed by atoms with Crippen LogP contribution in [-0.2, 0) is 33.6 Å². The van der Waals surface area contributed by atoms with Gasteiger partial charge in [-0.1, -0.05) is 18.2 Å². The molecule has 1 atom stereocenters. The second kappa shape index (κ2) is 15.6. The fraction of sp³-hybridized carbons (Fsp3) is 0.310. The summed E-state index contributed by atoms with van der Waals surface area (Å²) >= 11 is 1.44. The maximum Gasteiger partial charge on any atom is 0.573 e. The van der Waals surface area contributed by atoms with Gasteiger partial charge in [0.05, 0.1) is 12.8 Å². The minimum atomic E-state index is -5.08. The zero-order valence-corrected chi connectivity index (χ0v) is 25.3. The number of benzene rings is 1. The summed E-state index contributed by atoms with van der Waals surface area (Å²) in [6.07, 6.45) is -7.08. The molecule has 1 unspecified atom stereocenters. The Bertz CT molecular complexity index is 1710. The fourth-order valence-electron chi connectivity index (χ4n) is 4.39. The smallest absolute Gasteiger partial charge is 0.475 e. The van der Waals surface area contributed by atoms with Gasteiger partial charge in [-0.2, -0.15) is 13.2 Å². The minimum absolute atomic E-state index is 0.0332. The number of Topliss-reactive ketones (excluding diaryl/α,β-unsaturated/α-hetero) is 1. The number of carbonyl (C=O) groups excluding carboxylic acids is 2. The molecule has 1 aliphatic heterocycles. The Morgan fingerprint density at radius 3 is 2.35 bits per heavy atom. The Hall–Kier alpha value is -5.20. The second-order valence-electron chi connectivity index (χ2n) is 10.2. The van der Waals surface area contributed by atoms with E-state index in [1.807, 2.05) is 12.1 Å². The van der Waals surface area contributed by atoms with E-state index >= 15 is 0 Å². The van der Waals surface area contributed by atoms with Crippen LogP contribution < -0.4 is 15.0 Å². The number of ether oxygens (including phenoxy) is 1. The molecule has 48 heavy (non-hydrogen) atoms. The van der Waals surface area contributed by atoms with Crippen molar-refractivity contribution in [1.82, 2.24) is 25.4 Å². The number of nitrogens with one attached hydrogen (secondary N) is 1. The summed E-state index contributed by atoms with van der Waals surface area (Å²) in [7, 11) is 0. The van der Waals surface area contributed by atoms with Gasteiger partial charge in [0.2, 0.25) is 5.91 Å². The van der Waals surface area contributed by atoms with Gasteiger partial charge < -0.3 is 20.1 Å². The average molecular weight is 698 g/mol. The molecule has 0 saturated carbocycles. The maximum atomic E-state index is 12.4. The minimum Gasteiger partial charge on any atom is -0.475 e. The summed E-state index contributed by atoms with van der Waals surface area (Å²) in [6, 6.07) is 14.1. The zero-order valence-electron chi connectivity index (χ0n) is 24.5. The number of aliphatic carboxylic acids is 1. The van der Waals surface area contributed by atoms with Gasteiger partial charge >= 0.3 is 18.5 Å². The van der Waals surface area contributed by atoms with Crippen molar-refractivity contribution in [1.29, 1.82) is 0 Å². The van der Waals surface area contributed by atoms with Crippen LogP contribution >= 0.6 is 11.3 Å². The first kappa shape index (κ1) is 35.7. The zero-order chi connectivity index (χ0) is 34.9. The number of hydrogen-bond donors (Lipinski definition) is 2. The number of halogens is 6. The van der Waals surface area contributed by atoms with Crippen molar-refractivity contribution in [2.24, 2.45) is 0 Å². The van der Waals surface area contributed by atoms with Gasteiger partial charge in [0.15, 0.2) is 11.6 Å². The third kappa shape index (κ3) is 11.2. The van der Waals surface area contributed by atoms with Crippen LogP contribution in [0, 0.1) is 0 Å². The number of rotatable bonds is 10. The molecular weight excluding hydrogens is 672 g/mol. The number of carbonyl (C=O) groups is 3. The Morgan fingerprint density at radius 1 is 0.938 bits per heavy atom. The molecule has 254 valence electrons. The molecule has 19 heteroatoms. The molecule has 0 spiro atoms. The number of ketones is 1. The molecule has 12 nitrogen and oxygen atoms in total. The molecule has 0 bridgehead atoms. The van der Waals surface area contributed by atoms with Gasteiger partial charge in [0.1, 0.15) is 21.5 Å². The van der Waals surface area contributed by atoms with Crippen LogP contribution in [-0.4, -0.2) is 73.8 Å². The van der Waals surface area contributed by atoms with Crippen LogP contribution in [0.2, 0.25) is 0 Å². The molecular formula is C29H25F6N7O5S. The van der Waals surface area contributed by atoms with E-state index in [1.54, 1.807) is 24.4 Å². The van der Waals surface area contributed by atoms with Gasteiger partial charge in [-0.25, -0.2) is 4.79 Å². The van der Waals surface area contributed by atoms with E-state index in [1.165, 1.54) is 23.5 Å². The van der Waals surface area contributed by atoms with Crippen LogP contribution in [0.3, 0.4) is 0 Å². The van der Waals surface area contributed by atoms with Crippen LogP contribution in [0.1, 0.15) is 33.6 Å². The van der Waals surface area contributed by atoms with Gasteiger partial charge in [0, 0.05) is 37.3 Å². The van der Waals surface area contributed by atoms with Crippen molar-refractivity contribution in [2.45, 2.75) is 44.1 Å². The molecule has 5 rings (SSSR count). The molecule has 0 radical (unpaired) electrons. The predicted molar refractivity (Wildman–Crippen MR) is 157 cm³/mol. The summed E-state index contributed by atoms with van der Waals surface area (Å²) < 4.78 is 73.0. The predicted octanol–water partition coefficient (Wildman–Crippen LogP) is 4.78. The number of anilines is 2. The first-order chi connectivity index (χ1) is 22.6. The Morgan fingerprint density at radius 2 is 1.71 bits per heavy atom. The van der Waals surface area contributed by atoms with E-state index in [2.05, 4.69) is 40.3 Å². The molecule has 4 heterocycles. The highest BCUT2D eigenvalue weighted by Gasteiger charge is 2.38. The number of alkyl halides is 6. The lowest BCUT2D eigenvalue weighted by atomic mass is 10.1. The number of carboxylic acids is 1. The maximum absolute atomic E-state index is 12.4. The highest BCUT2D eigenvalue weighted by molar-refractivity contribution is 7.11. The average Bonchev–Trinajstić information content (AvgIpc) is 3.67. The highest BCUT2D eigenvalue weighted by atomic mass is 32.1. The number of amides is 1. The monoisotopic (exact) mass is 697 g/mol. The molecule has 4 aromatic rings. The Balaban J connectivity index is 0.000000671. The molecule has 1 saturated heterocycles. The lowest BCUT2D eigenvalue weighted by Gasteiger charge is -2.16. The topological polar surface area (TPSA) is 160 Å². The van der Waals surface area contributed by atoms with Gasteiger partial charge in [-0.15, -0.1) is 44.9 Å². The molecule has 3 aromatic heterocycles. The van der Waals surface area contributed by atoms with E-state index < -0.39 is 30.2 Å². The lowest BCUT2D eigenvalue weighted by molar-refractivity contribution is -0.274. The molecule has 1 aromatic carbocycles. The van der Waals surface area contributed by atoms with Crippen molar-refractivity contribution >= 4 is 40.6 Å². The first-order valence-electron chi connectivity index (χ1n) is 13.9. The Kier molecular flexibility index (Phi) is 11.6. The van der Waals surface area contributed by atoms with E-state index in [9.17, 15) is 35.9 Å². The SMILES string of the molecule is O=C(Cc1ccccn1)Cc1nnc(C2CCN(c3ccc(NC(=O)Cc4cccc(OC(F)(F)F)c4)nn3)C2)s1.O=C(O)C(F)(F)F. The highest BCUT2D eigenvalue weighted by Crippen LogP contribution is 2.32. The van der Waals surface area contributed by atoms with Crippen LogP contribution in [0.4, 0.5) is 38.0 Å². The van der Waals surface area contributed by atoms with Crippen molar-refractivity contribution in [2.75, 3.05) is 23.3 Å². The number of aromatic nitrogens is 5. The van der Waals surface area contributed by atoms with Crippen LogP contribution in [0.5, 0.6) is 5.75 Å². The van der Waals surface area contributed by atoms with E-state index in [4.69, 9.17) is 9.90 Å². The van der Waals surface area contributed by atoms with E-state index in [0.717, 1.165) is 35.8 Å². The van der Waals surface area contributed by atoms with Crippen molar-refractivity contribution < 1.29 is 50.6 Å². The van der Waals surface area contributed by atoms with Crippen molar-refractivity contribution in [3.05, 3.63) is 82.1 Å². The Labute approximate surface area is 271 Å². The third-order valence-corrected chi connectivity index (χ3v) is 7.54. The number of nitrogens with zero attached hydrogens (tertiary/aromatic N) is 6. The van der Waals surface area contributed by atoms with Gasteiger partial charge in [-0.3, -0.25) is 14.6 Å². The largest absolute Gasteiger partial charge is 0.573 e. The van der Waals surface area contributed by atoms with Crippen molar-refractivity contribution in [3.63, 3.8) is 0 Å². The van der Waals surface area contributed by atoms with E-state index in [-0.39, 0.29) is 36.8 Å². The van der Waals surface area contributed by atoms with E-state index in [0.29, 0.717) is 22.9 Å². The number of carboxylic acid groups (broad SMARTS) is 1. The first-order valence-corrected chi connectivity index (χ1v) is 14.7. The summed E-state index contributed by atoms with van der Waals surface area (Å²) in [5.41, 5.74) is 1.08. The summed E-state index contributed by atoms with van der Waals surface area (Å²) in [6.45, 7) is 1.39. The fourth-order valence-corrected chi connectivity index (χ4v) is 5.39. The van der Waals surface area contributed by atoms with Gasteiger partial charge in [0.25, 0.3) is 0 Å². The summed E-state index contributed by atoms with van der Waals surface area (Å²) in [5, 5.41) is 28.1. The van der Waals surface area contributed by atoms with Crippen molar-refractivity contribution in [3.8, 4) is 5.75 Å². The second-order valence-corrected chi connectivity index (χ2v) is 11.3. The molecule has 2 N–H and O–H groups in total. The number of hydrogen-bond acceptors (Lipinski definition) is 11. The normalized spacial score (nSPS) is 14.5. The standard InChI is InChI=1S/C27H24F3N7O3S.C2HF3O2/c28-27(29,30)40-21-6-3-4-17(12-21)13-24(39)32-22-7-8-23(34-33-22)37-11-9-18(16-37)26-36-35-25(41-26)15-20(38)14-19-5-1-2-10-31-19;3-2(4,5)1(6)7/h1-8,10,12,18H,9,11,13-16H2,(H,32,33,39);(H,6,7). The molecule has 1 aliphatic rings. The summed E-state index contributed by atoms with van der Waals surface area (Å²) in [5.74, 6) is -2.57. The summed E-state index contributed by atoms with van der Waals surface area (Å²) in [4.78, 5) is 39.9. The molecule has 0 aliphatic carbocycles. The third-order valence-electron chi connectivity index (χ3n) is 6.45. The molecule has 1 amide bonds. The lowest BCUT2D eigenvalue weighted by Crippen LogP contribution is -2.21.